The molecule has 2 aliphatic heterocycles. The van der Waals surface area contributed by atoms with Gasteiger partial charge in [0.1, 0.15) is 24.7 Å². The quantitative estimate of drug-likeness (QED) is 0.419. The molecule has 4 rings (SSSR count). The molecule has 3 heterocycles. The Morgan fingerprint density at radius 3 is 2.66 bits per heavy atom. The van der Waals surface area contributed by atoms with Crippen LogP contribution in [0.2, 0.25) is 0 Å². The highest BCUT2D eigenvalue weighted by molar-refractivity contribution is 5.67. The average molecular weight is 530 g/mol. The normalized spacial score (nSPS) is 19.0. The van der Waals surface area contributed by atoms with Crippen LogP contribution < -0.4 is 9.47 Å². The molecule has 0 radical (unpaired) electrons. The predicted octanol–water partition coefficient (Wildman–Crippen LogP) is 5.19. The van der Waals surface area contributed by atoms with Gasteiger partial charge >= 0.3 is 6.09 Å². The summed E-state index contributed by atoms with van der Waals surface area (Å²) in [7, 11) is 1.75. The summed E-state index contributed by atoms with van der Waals surface area (Å²) >= 11 is 0. The van der Waals surface area contributed by atoms with E-state index in [-0.39, 0.29) is 42.7 Å². The fourth-order valence-electron chi connectivity index (χ4n) is 4.96. The SMILES string of the molecule is CO[C@H]1CCCCN1CCc1ccc(OCc2cc(OC3CCN(C(=O)OC(C)C)CC3)ccn2)c(F)c1. The summed E-state index contributed by atoms with van der Waals surface area (Å²) in [6.07, 6.45) is 7.04. The Kier molecular flexibility index (Phi) is 10.2. The molecule has 2 aliphatic rings. The maximum absolute atomic E-state index is 14.8. The van der Waals surface area contributed by atoms with Gasteiger partial charge in [-0.1, -0.05) is 6.07 Å². The van der Waals surface area contributed by atoms with Crippen molar-refractivity contribution in [1.82, 2.24) is 14.8 Å². The van der Waals surface area contributed by atoms with Crippen molar-refractivity contribution in [1.29, 1.82) is 0 Å². The lowest BCUT2D eigenvalue weighted by Crippen LogP contribution is -2.42. The molecule has 1 atom stereocenters. The molecule has 1 aromatic carbocycles. The molecule has 0 spiro atoms. The third-order valence-electron chi connectivity index (χ3n) is 7.01. The standard InChI is InChI=1S/C29H40FN3O5/c1-21(2)37-29(34)33-16-11-24(12-17-33)38-25-9-13-31-23(19-25)20-36-27-8-7-22(18-26(27)30)10-15-32-14-5-4-6-28(32)35-3/h7-9,13,18-19,21,24,28H,4-6,10-12,14-17,20H2,1-3H3/t28-/m0/s1. The molecule has 208 valence electrons. The Labute approximate surface area is 225 Å². The number of nitrogens with zero attached hydrogens (tertiary/aromatic N) is 3. The van der Waals surface area contributed by atoms with Crippen molar-refractivity contribution in [3.05, 3.63) is 53.6 Å². The number of piperidine rings is 2. The Bertz CT molecular complexity index is 1040. The lowest BCUT2D eigenvalue weighted by molar-refractivity contribution is -0.0545. The van der Waals surface area contributed by atoms with Crippen LogP contribution in [0.3, 0.4) is 0 Å². The third kappa shape index (κ3) is 8.04. The molecule has 1 aromatic heterocycles. The molecule has 2 aromatic rings. The number of ether oxygens (including phenoxy) is 4. The number of amides is 1. The van der Waals surface area contributed by atoms with Crippen LogP contribution in [-0.4, -0.2) is 72.6 Å². The lowest BCUT2D eigenvalue weighted by Gasteiger charge is -2.34. The van der Waals surface area contributed by atoms with E-state index in [0.29, 0.717) is 24.5 Å². The molecule has 0 bridgehead atoms. The van der Waals surface area contributed by atoms with E-state index in [4.69, 9.17) is 18.9 Å². The van der Waals surface area contributed by atoms with Crippen LogP contribution >= 0.6 is 0 Å². The van der Waals surface area contributed by atoms with Gasteiger partial charge < -0.3 is 23.8 Å². The summed E-state index contributed by atoms with van der Waals surface area (Å²) in [5, 5.41) is 0. The van der Waals surface area contributed by atoms with Crippen molar-refractivity contribution >= 4 is 6.09 Å². The number of hydrogen-bond donors (Lipinski definition) is 0. The monoisotopic (exact) mass is 529 g/mol. The molecule has 8 nitrogen and oxygen atoms in total. The minimum Gasteiger partial charge on any atom is -0.490 e. The maximum Gasteiger partial charge on any atom is 0.410 e. The van der Waals surface area contributed by atoms with Crippen LogP contribution in [0.4, 0.5) is 9.18 Å². The van der Waals surface area contributed by atoms with Gasteiger partial charge in [0, 0.05) is 58.4 Å². The van der Waals surface area contributed by atoms with Crippen LogP contribution in [0.15, 0.2) is 36.5 Å². The summed E-state index contributed by atoms with van der Waals surface area (Å²) in [6.45, 7) is 6.87. The summed E-state index contributed by atoms with van der Waals surface area (Å²) in [5.41, 5.74) is 1.59. The van der Waals surface area contributed by atoms with Gasteiger partial charge in [0.05, 0.1) is 11.8 Å². The summed E-state index contributed by atoms with van der Waals surface area (Å²) < 4.78 is 37.5. The fourth-order valence-corrected chi connectivity index (χ4v) is 4.96. The summed E-state index contributed by atoms with van der Waals surface area (Å²) in [6, 6.07) is 8.77. The number of hydrogen-bond acceptors (Lipinski definition) is 7. The molecule has 0 unspecified atom stereocenters. The molecule has 9 heteroatoms. The van der Waals surface area contributed by atoms with E-state index in [2.05, 4.69) is 9.88 Å². The van der Waals surface area contributed by atoms with Crippen LogP contribution in [-0.2, 0) is 22.5 Å². The molecular formula is C29H40FN3O5. The van der Waals surface area contributed by atoms with E-state index in [1.807, 2.05) is 26.0 Å². The topological polar surface area (TPSA) is 73.4 Å². The minimum atomic E-state index is -0.375. The minimum absolute atomic E-state index is 0.00311. The van der Waals surface area contributed by atoms with Crippen molar-refractivity contribution in [2.24, 2.45) is 0 Å². The number of likely N-dealkylation sites (tertiary alicyclic amines) is 2. The number of methoxy groups -OCH3 is 1. The highest BCUT2D eigenvalue weighted by Gasteiger charge is 2.25. The van der Waals surface area contributed by atoms with E-state index in [9.17, 15) is 9.18 Å². The molecule has 38 heavy (non-hydrogen) atoms. The number of halogens is 1. The Morgan fingerprint density at radius 1 is 1.11 bits per heavy atom. The molecule has 1 amide bonds. The molecule has 2 saturated heterocycles. The predicted molar refractivity (Wildman–Crippen MR) is 142 cm³/mol. The Morgan fingerprint density at radius 2 is 1.92 bits per heavy atom. The van der Waals surface area contributed by atoms with Gasteiger partial charge in [-0.25, -0.2) is 9.18 Å². The number of rotatable bonds is 10. The maximum atomic E-state index is 14.8. The Balaban J connectivity index is 1.24. The second-order valence-corrected chi connectivity index (χ2v) is 10.2. The van der Waals surface area contributed by atoms with E-state index >= 15 is 0 Å². The van der Waals surface area contributed by atoms with Crippen molar-refractivity contribution in [3.63, 3.8) is 0 Å². The first-order chi connectivity index (χ1) is 18.4. The summed E-state index contributed by atoms with van der Waals surface area (Å²) in [5.74, 6) is 0.513. The van der Waals surface area contributed by atoms with Gasteiger partial charge in [-0.05, 0) is 63.3 Å². The lowest BCUT2D eigenvalue weighted by atomic mass is 10.1. The van der Waals surface area contributed by atoms with Gasteiger partial charge in [0.15, 0.2) is 11.6 Å². The highest BCUT2D eigenvalue weighted by atomic mass is 19.1. The van der Waals surface area contributed by atoms with E-state index in [1.165, 1.54) is 12.8 Å². The number of benzene rings is 1. The average Bonchev–Trinajstić information content (AvgIpc) is 2.92. The number of carbonyl (C=O) groups is 1. The molecule has 2 fully saturated rings. The summed E-state index contributed by atoms with van der Waals surface area (Å²) in [4.78, 5) is 20.5. The second-order valence-electron chi connectivity index (χ2n) is 10.2. The zero-order valence-corrected chi connectivity index (χ0v) is 22.7. The molecule has 0 aliphatic carbocycles. The van der Waals surface area contributed by atoms with Crippen molar-refractivity contribution in [2.45, 2.75) is 77.4 Å². The van der Waals surface area contributed by atoms with E-state index in [0.717, 1.165) is 44.3 Å². The van der Waals surface area contributed by atoms with Crippen LogP contribution in [0.25, 0.3) is 0 Å². The fraction of sp³-hybridized carbons (Fsp3) is 0.586. The van der Waals surface area contributed by atoms with Crippen molar-refractivity contribution in [3.8, 4) is 11.5 Å². The Hall–Kier alpha value is -2.91. The third-order valence-corrected chi connectivity index (χ3v) is 7.01. The number of aromatic nitrogens is 1. The zero-order valence-electron chi connectivity index (χ0n) is 22.7. The highest BCUT2D eigenvalue weighted by Crippen LogP contribution is 2.24. The van der Waals surface area contributed by atoms with Gasteiger partial charge in [-0.2, -0.15) is 0 Å². The number of pyridine rings is 1. The van der Waals surface area contributed by atoms with Gasteiger partial charge in [-0.3, -0.25) is 9.88 Å². The molecule has 0 saturated carbocycles. The molecule has 0 N–H and O–H groups in total. The first-order valence-corrected chi connectivity index (χ1v) is 13.7. The first-order valence-electron chi connectivity index (χ1n) is 13.7. The number of carbonyl (C=O) groups excluding carboxylic acids is 1. The molecular weight excluding hydrogens is 489 g/mol. The van der Waals surface area contributed by atoms with Gasteiger partial charge in [0.25, 0.3) is 0 Å². The first kappa shape index (κ1) is 28.1. The van der Waals surface area contributed by atoms with Crippen LogP contribution in [0.5, 0.6) is 11.5 Å². The van der Waals surface area contributed by atoms with Crippen LogP contribution in [0.1, 0.15) is 57.2 Å². The largest absolute Gasteiger partial charge is 0.490 e. The van der Waals surface area contributed by atoms with E-state index in [1.54, 1.807) is 36.4 Å². The zero-order chi connectivity index (χ0) is 26.9. The van der Waals surface area contributed by atoms with Crippen LogP contribution in [0, 0.1) is 5.82 Å². The second kappa shape index (κ2) is 13.8. The van der Waals surface area contributed by atoms with Crippen molar-refractivity contribution in [2.75, 3.05) is 33.3 Å². The van der Waals surface area contributed by atoms with E-state index < -0.39 is 0 Å². The smallest absolute Gasteiger partial charge is 0.410 e. The van der Waals surface area contributed by atoms with Gasteiger partial charge in [0.2, 0.25) is 0 Å². The van der Waals surface area contributed by atoms with Gasteiger partial charge in [-0.15, -0.1) is 0 Å². The van der Waals surface area contributed by atoms with Crippen molar-refractivity contribution < 1.29 is 28.1 Å².